The molecule has 5 nitrogen and oxygen atoms in total. The highest BCUT2D eigenvalue weighted by Gasteiger charge is 2.18. The van der Waals surface area contributed by atoms with Gasteiger partial charge in [0.2, 0.25) is 0 Å². The van der Waals surface area contributed by atoms with E-state index in [1.807, 2.05) is 16.0 Å². The number of fused-ring (bicyclic) bond motifs is 1. The van der Waals surface area contributed by atoms with Crippen molar-refractivity contribution >= 4 is 27.8 Å². The Morgan fingerprint density at radius 3 is 2.64 bits per heavy atom. The van der Waals surface area contributed by atoms with Crippen LogP contribution in [-0.2, 0) is 0 Å². The molecule has 0 spiro atoms. The van der Waals surface area contributed by atoms with Crippen LogP contribution in [0, 0.1) is 5.82 Å². The minimum atomic E-state index is -0.986. The van der Waals surface area contributed by atoms with E-state index in [1.165, 1.54) is 29.5 Å². The van der Waals surface area contributed by atoms with E-state index in [0.29, 0.717) is 22.8 Å². The van der Waals surface area contributed by atoms with E-state index in [2.05, 4.69) is 4.98 Å². The van der Waals surface area contributed by atoms with Gasteiger partial charge < -0.3 is 10.8 Å². The molecule has 0 aliphatic heterocycles. The molecule has 124 valence electrons. The predicted octanol–water partition coefficient (Wildman–Crippen LogP) is 4.15. The minimum Gasteiger partial charge on any atom is -0.478 e. The lowest BCUT2D eigenvalue weighted by Crippen LogP contribution is -1.95. The number of aromatic carboxylic acids is 1. The molecule has 0 atom stereocenters. The van der Waals surface area contributed by atoms with Crippen molar-refractivity contribution in [1.29, 1.82) is 0 Å². The fraction of sp³-hybridized carbons (Fsp3) is 0. The summed E-state index contributed by atoms with van der Waals surface area (Å²) >= 11 is 1.45. The van der Waals surface area contributed by atoms with Gasteiger partial charge in [0.05, 0.1) is 5.56 Å². The second-order valence-electron chi connectivity index (χ2n) is 5.48. The lowest BCUT2D eigenvalue weighted by Gasteiger charge is -2.01. The molecule has 3 N–H and O–H groups in total. The van der Waals surface area contributed by atoms with Gasteiger partial charge in [-0.2, -0.15) is 0 Å². The van der Waals surface area contributed by atoms with Gasteiger partial charge in [-0.25, -0.2) is 14.2 Å². The molecule has 0 aliphatic rings. The van der Waals surface area contributed by atoms with E-state index in [9.17, 15) is 9.18 Å². The van der Waals surface area contributed by atoms with Crippen molar-refractivity contribution in [3.8, 4) is 22.6 Å². The van der Waals surface area contributed by atoms with Gasteiger partial charge in [-0.15, -0.1) is 11.3 Å². The SMILES string of the molecule is Nc1ccc(-c2nc(-c3ccc(C(=O)O)cc3)n3ccsc23)c(F)c1. The van der Waals surface area contributed by atoms with Crippen molar-refractivity contribution < 1.29 is 14.3 Å². The van der Waals surface area contributed by atoms with E-state index in [4.69, 9.17) is 10.8 Å². The highest BCUT2D eigenvalue weighted by Crippen LogP contribution is 2.34. The molecule has 0 aliphatic carbocycles. The van der Waals surface area contributed by atoms with Crippen LogP contribution >= 0.6 is 11.3 Å². The predicted molar refractivity (Wildman–Crippen MR) is 95.3 cm³/mol. The van der Waals surface area contributed by atoms with Crippen molar-refractivity contribution in [2.75, 3.05) is 5.73 Å². The van der Waals surface area contributed by atoms with Crippen molar-refractivity contribution in [3.05, 3.63) is 65.4 Å². The number of benzene rings is 2. The van der Waals surface area contributed by atoms with Crippen LogP contribution in [0.3, 0.4) is 0 Å². The summed E-state index contributed by atoms with van der Waals surface area (Å²) in [5.41, 5.74) is 7.84. The molecule has 4 rings (SSSR count). The summed E-state index contributed by atoms with van der Waals surface area (Å²) in [6.07, 6.45) is 1.85. The quantitative estimate of drug-likeness (QED) is 0.542. The number of carboxylic acid groups (broad SMARTS) is 1. The average Bonchev–Trinajstić information content (AvgIpc) is 3.18. The number of hydrogen-bond donors (Lipinski definition) is 2. The molecule has 0 saturated carbocycles. The Morgan fingerprint density at radius 1 is 1.20 bits per heavy atom. The van der Waals surface area contributed by atoms with E-state index >= 15 is 0 Å². The van der Waals surface area contributed by atoms with Gasteiger partial charge >= 0.3 is 5.97 Å². The van der Waals surface area contributed by atoms with Gasteiger partial charge in [0.25, 0.3) is 0 Å². The molecule has 0 amide bonds. The van der Waals surface area contributed by atoms with Gasteiger partial charge in [-0.05, 0) is 30.3 Å². The summed E-state index contributed by atoms with van der Waals surface area (Å²) in [5.74, 6) is -0.791. The fourth-order valence-electron chi connectivity index (χ4n) is 2.69. The third-order valence-electron chi connectivity index (χ3n) is 3.90. The number of anilines is 1. The number of rotatable bonds is 3. The molecule has 0 unspecified atom stereocenters. The number of nitrogens with zero attached hydrogens (tertiary/aromatic N) is 2. The second kappa shape index (κ2) is 5.71. The van der Waals surface area contributed by atoms with Crippen LogP contribution in [0.25, 0.3) is 27.5 Å². The van der Waals surface area contributed by atoms with Crippen molar-refractivity contribution in [2.24, 2.45) is 0 Å². The minimum absolute atomic E-state index is 0.201. The molecule has 2 aromatic heterocycles. The smallest absolute Gasteiger partial charge is 0.335 e. The van der Waals surface area contributed by atoms with Crippen LogP contribution in [0.5, 0.6) is 0 Å². The summed E-state index contributed by atoms with van der Waals surface area (Å²) in [4.78, 5) is 16.4. The molecule has 7 heteroatoms. The van der Waals surface area contributed by atoms with Crippen molar-refractivity contribution in [2.45, 2.75) is 0 Å². The summed E-state index contributed by atoms with van der Waals surface area (Å²) in [6.45, 7) is 0. The lowest BCUT2D eigenvalue weighted by atomic mass is 10.1. The Balaban J connectivity index is 1.89. The molecular formula is C18H12FN3O2S. The zero-order valence-electron chi connectivity index (χ0n) is 12.8. The largest absolute Gasteiger partial charge is 0.478 e. The van der Waals surface area contributed by atoms with Crippen LogP contribution in [-0.4, -0.2) is 20.5 Å². The van der Waals surface area contributed by atoms with Gasteiger partial charge in [-0.1, -0.05) is 12.1 Å². The number of carboxylic acids is 1. The Kier molecular flexibility index (Phi) is 3.51. The number of thiazole rings is 1. The van der Waals surface area contributed by atoms with Crippen LogP contribution in [0.4, 0.5) is 10.1 Å². The van der Waals surface area contributed by atoms with Gasteiger partial charge in [-0.3, -0.25) is 4.40 Å². The van der Waals surface area contributed by atoms with Crippen LogP contribution in [0.15, 0.2) is 54.0 Å². The maximum Gasteiger partial charge on any atom is 0.335 e. The fourth-order valence-corrected chi connectivity index (χ4v) is 3.53. The summed E-state index contributed by atoms with van der Waals surface area (Å²) in [5, 5.41) is 10.9. The maximum atomic E-state index is 14.3. The second-order valence-corrected chi connectivity index (χ2v) is 6.38. The zero-order valence-corrected chi connectivity index (χ0v) is 13.6. The van der Waals surface area contributed by atoms with Crippen LogP contribution < -0.4 is 5.73 Å². The topological polar surface area (TPSA) is 80.6 Å². The van der Waals surface area contributed by atoms with Gasteiger partial charge in [0.1, 0.15) is 22.2 Å². The first-order chi connectivity index (χ1) is 12.0. The van der Waals surface area contributed by atoms with Crippen LogP contribution in [0.1, 0.15) is 10.4 Å². The molecule has 0 bridgehead atoms. The Hall–Kier alpha value is -3.19. The van der Waals surface area contributed by atoms with Crippen molar-refractivity contribution in [1.82, 2.24) is 9.38 Å². The lowest BCUT2D eigenvalue weighted by molar-refractivity contribution is 0.0697. The number of nitrogen functional groups attached to an aromatic ring is 1. The highest BCUT2D eigenvalue weighted by molar-refractivity contribution is 7.16. The van der Waals surface area contributed by atoms with Gasteiger partial charge in [0, 0.05) is 28.4 Å². The Labute approximate surface area is 145 Å². The molecule has 2 heterocycles. The average molecular weight is 353 g/mol. The number of carbonyl (C=O) groups is 1. The first-order valence-corrected chi connectivity index (χ1v) is 8.27. The number of imidazole rings is 1. The van der Waals surface area contributed by atoms with Crippen LogP contribution in [0.2, 0.25) is 0 Å². The van der Waals surface area contributed by atoms with E-state index < -0.39 is 11.8 Å². The highest BCUT2D eigenvalue weighted by atomic mass is 32.1. The Bertz CT molecular complexity index is 1100. The number of halogens is 1. The van der Waals surface area contributed by atoms with E-state index in [0.717, 1.165) is 10.4 Å². The van der Waals surface area contributed by atoms with E-state index in [-0.39, 0.29) is 5.56 Å². The third kappa shape index (κ3) is 2.54. The molecule has 0 radical (unpaired) electrons. The number of hydrogen-bond acceptors (Lipinski definition) is 4. The molecule has 2 aromatic carbocycles. The number of aromatic nitrogens is 2. The molecule has 25 heavy (non-hydrogen) atoms. The molecule has 0 saturated heterocycles. The summed E-state index contributed by atoms with van der Waals surface area (Å²) in [7, 11) is 0. The first kappa shape index (κ1) is 15.3. The third-order valence-corrected chi connectivity index (χ3v) is 4.77. The van der Waals surface area contributed by atoms with Crippen molar-refractivity contribution in [3.63, 3.8) is 0 Å². The van der Waals surface area contributed by atoms with Gasteiger partial charge in [0.15, 0.2) is 0 Å². The first-order valence-electron chi connectivity index (χ1n) is 7.39. The number of nitrogens with two attached hydrogens (primary N) is 1. The standard InChI is InChI=1S/C18H12FN3O2S/c19-14-9-12(20)5-6-13(14)15-17-22(7-8-25-17)16(21-15)10-1-3-11(4-2-10)18(23)24/h1-9H,20H2,(H,23,24). The zero-order chi connectivity index (χ0) is 17.6. The monoisotopic (exact) mass is 353 g/mol. The normalized spacial score (nSPS) is 11.1. The maximum absolute atomic E-state index is 14.3. The molecule has 0 fully saturated rings. The van der Waals surface area contributed by atoms with E-state index in [1.54, 1.807) is 24.3 Å². The molecule has 4 aromatic rings. The summed E-state index contributed by atoms with van der Waals surface area (Å²) < 4.78 is 16.2. The molecular weight excluding hydrogens is 341 g/mol. The Morgan fingerprint density at radius 2 is 1.96 bits per heavy atom. The summed E-state index contributed by atoms with van der Waals surface area (Å²) in [6, 6.07) is 11.0.